The molecule has 120 valence electrons. The lowest BCUT2D eigenvalue weighted by Gasteiger charge is -2.18. The summed E-state index contributed by atoms with van der Waals surface area (Å²) in [5.41, 5.74) is 6.34. The van der Waals surface area contributed by atoms with Crippen LogP contribution in [0, 0.1) is 0 Å². The zero-order valence-electron chi connectivity index (χ0n) is 12.8. The van der Waals surface area contributed by atoms with Gasteiger partial charge in [0.25, 0.3) is 0 Å². The molecule has 0 unspecified atom stereocenters. The van der Waals surface area contributed by atoms with Crippen LogP contribution in [-0.2, 0) is 21.3 Å². The number of sulfonamides is 1. The molecule has 0 saturated carbocycles. The molecule has 0 bridgehead atoms. The first-order chi connectivity index (χ1) is 9.97. The van der Waals surface area contributed by atoms with Crippen LogP contribution in [0.25, 0.3) is 0 Å². The van der Waals surface area contributed by atoms with Crippen molar-refractivity contribution in [3.05, 3.63) is 23.8 Å². The van der Waals surface area contributed by atoms with E-state index in [2.05, 4.69) is 0 Å². The van der Waals surface area contributed by atoms with Gasteiger partial charge in [0.1, 0.15) is 5.75 Å². The number of hydrogen-bond donors (Lipinski definition) is 1. The topological polar surface area (TPSA) is 81.9 Å². The molecular weight excluding hydrogens is 292 g/mol. The summed E-state index contributed by atoms with van der Waals surface area (Å²) in [4.78, 5) is 0.213. The zero-order chi connectivity index (χ0) is 15.9. The summed E-state index contributed by atoms with van der Waals surface area (Å²) in [5, 5.41) is 0. The molecule has 0 amide bonds. The SMILES string of the molecule is CCOCCN(C)S(=O)(=O)c1ccc(OCC)c(CN)c1. The Kier molecular flexibility index (Phi) is 7.10. The Bertz CT molecular complexity index is 546. The van der Waals surface area contributed by atoms with Gasteiger partial charge in [-0.25, -0.2) is 8.42 Å². The molecule has 1 rings (SSSR count). The Hall–Kier alpha value is -1.15. The molecule has 1 aromatic carbocycles. The summed E-state index contributed by atoms with van der Waals surface area (Å²) in [7, 11) is -2.01. The molecule has 0 aliphatic rings. The number of hydrogen-bond acceptors (Lipinski definition) is 5. The van der Waals surface area contributed by atoms with Gasteiger partial charge in [-0.05, 0) is 32.0 Å². The van der Waals surface area contributed by atoms with E-state index in [1.54, 1.807) is 12.1 Å². The van der Waals surface area contributed by atoms with Gasteiger partial charge in [-0.3, -0.25) is 0 Å². The summed E-state index contributed by atoms with van der Waals surface area (Å²) in [6.45, 7) is 5.71. The van der Waals surface area contributed by atoms with Crippen LogP contribution in [0.1, 0.15) is 19.4 Å². The van der Waals surface area contributed by atoms with E-state index in [1.165, 1.54) is 17.4 Å². The predicted molar refractivity (Wildman–Crippen MR) is 81.8 cm³/mol. The Labute approximate surface area is 126 Å². The molecule has 0 radical (unpaired) electrons. The molecule has 0 aliphatic carbocycles. The van der Waals surface area contributed by atoms with Gasteiger partial charge in [0.2, 0.25) is 10.0 Å². The lowest BCUT2D eigenvalue weighted by Crippen LogP contribution is -2.30. The number of benzene rings is 1. The maximum Gasteiger partial charge on any atom is 0.242 e. The van der Waals surface area contributed by atoms with E-state index < -0.39 is 10.0 Å². The van der Waals surface area contributed by atoms with Crippen LogP contribution >= 0.6 is 0 Å². The molecule has 7 heteroatoms. The Morgan fingerprint density at radius 1 is 1.24 bits per heavy atom. The Morgan fingerprint density at radius 2 is 1.95 bits per heavy atom. The van der Waals surface area contributed by atoms with Gasteiger partial charge in [0.15, 0.2) is 0 Å². The van der Waals surface area contributed by atoms with Crippen molar-refractivity contribution in [3.8, 4) is 5.75 Å². The fraction of sp³-hybridized carbons (Fsp3) is 0.571. The van der Waals surface area contributed by atoms with Crippen LogP contribution in [0.3, 0.4) is 0 Å². The van der Waals surface area contributed by atoms with Crippen LogP contribution in [0.5, 0.6) is 5.75 Å². The molecule has 1 aromatic rings. The van der Waals surface area contributed by atoms with Crippen molar-refractivity contribution in [1.29, 1.82) is 0 Å². The van der Waals surface area contributed by atoms with E-state index in [9.17, 15) is 8.42 Å². The van der Waals surface area contributed by atoms with Crippen molar-refractivity contribution in [2.24, 2.45) is 5.73 Å². The number of likely N-dealkylation sites (N-methyl/N-ethyl adjacent to an activating group) is 1. The predicted octanol–water partition coefficient (Wildman–Crippen LogP) is 1.20. The van der Waals surface area contributed by atoms with Gasteiger partial charge < -0.3 is 15.2 Å². The van der Waals surface area contributed by atoms with Crippen LogP contribution < -0.4 is 10.5 Å². The van der Waals surface area contributed by atoms with Crippen molar-refractivity contribution in [1.82, 2.24) is 4.31 Å². The maximum absolute atomic E-state index is 12.5. The summed E-state index contributed by atoms with van der Waals surface area (Å²) in [6, 6.07) is 4.75. The number of nitrogens with two attached hydrogens (primary N) is 1. The first-order valence-electron chi connectivity index (χ1n) is 6.97. The van der Waals surface area contributed by atoms with Gasteiger partial charge in [-0.2, -0.15) is 4.31 Å². The molecule has 6 nitrogen and oxygen atoms in total. The molecule has 2 N–H and O–H groups in total. The molecule has 21 heavy (non-hydrogen) atoms. The first-order valence-corrected chi connectivity index (χ1v) is 8.41. The fourth-order valence-corrected chi connectivity index (χ4v) is 3.02. The zero-order valence-corrected chi connectivity index (χ0v) is 13.6. The highest BCUT2D eigenvalue weighted by Crippen LogP contribution is 2.24. The third-order valence-electron chi connectivity index (χ3n) is 3.01. The minimum atomic E-state index is -3.54. The fourth-order valence-electron chi connectivity index (χ4n) is 1.81. The second-order valence-electron chi connectivity index (χ2n) is 4.43. The van der Waals surface area contributed by atoms with Gasteiger partial charge in [0, 0.05) is 32.3 Å². The quantitative estimate of drug-likeness (QED) is 0.692. The van der Waals surface area contributed by atoms with E-state index in [0.29, 0.717) is 37.7 Å². The Morgan fingerprint density at radius 3 is 2.52 bits per heavy atom. The number of ether oxygens (including phenoxy) is 2. The van der Waals surface area contributed by atoms with Crippen molar-refractivity contribution in [3.63, 3.8) is 0 Å². The van der Waals surface area contributed by atoms with E-state index in [-0.39, 0.29) is 11.4 Å². The maximum atomic E-state index is 12.5. The third kappa shape index (κ3) is 4.67. The van der Waals surface area contributed by atoms with Crippen LogP contribution in [0.4, 0.5) is 0 Å². The molecule has 0 spiro atoms. The van der Waals surface area contributed by atoms with Crippen LogP contribution in [-0.4, -0.2) is 46.1 Å². The summed E-state index contributed by atoms with van der Waals surface area (Å²) >= 11 is 0. The van der Waals surface area contributed by atoms with Gasteiger partial charge in [0.05, 0.1) is 18.1 Å². The highest BCUT2D eigenvalue weighted by molar-refractivity contribution is 7.89. The van der Waals surface area contributed by atoms with Crippen molar-refractivity contribution in [2.45, 2.75) is 25.3 Å². The largest absolute Gasteiger partial charge is 0.494 e. The molecular formula is C14H24N2O4S. The first kappa shape index (κ1) is 17.9. The number of rotatable bonds is 9. The normalized spacial score (nSPS) is 11.9. The average molecular weight is 316 g/mol. The minimum absolute atomic E-state index is 0.213. The minimum Gasteiger partial charge on any atom is -0.494 e. The lowest BCUT2D eigenvalue weighted by molar-refractivity contribution is 0.138. The summed E-state index contributed by atoms with van der Waals surface area (Å²) in [6.07, 6.45) is 0. The molecule has 0 saturated heterocycles. The number of nitrogens with zero attached hydrogens (tertiary/aromatic N) is 1. The molecule has 0 aliphatic heterocycles. The standard InChI is InChI=1S/C14H24N2O4S/c1-4-19-9-8-16(3)21(17,18)13-6-7-14(20-5-2)12(10-13)11-15/h6-7,10H,4-5,8-9,11,15H2,1-3H3. The molecule has 0 aromatic heterocycles. The lowest BCUT2D eigenvalue weighted by atomic mass is 10.2. The van der Waals surface area contributed by atoms with E-state index in [1.807, 2.05) is 13.8 Å². The second-order valence-corrected chi connectivity index (χ2v) is 6.48. The van der Waals surface area contributed by atoms with E-state index >= 15 is 0 Å². The van der Waals surface area contributed by atoms with E-state index in [0.717, 1.165) is 0 Å². The van der Waals surface area contributed by atoms with Gasteiger partial charge in [-0.1, -0.05) is 0 Å². The van der Waals surface area contributed by atoms with Crippen molar-refractivity contribution < 1.29 is 17.9 Å². The van der Waals surface area contributed by atoms with E-state index in [4.69, 9.17) is 15.2 Å². The Balaban J connectivity index is 2.97. The highest BCUT2D eigenvalue weighted by atomic mass is 32.2. The molecule has 0 heterocycles. The van der Waals surface area contributed by atoms with Crippen molar-refractivity contribution >= 4 is 10.0 Å². The average Bonchev–Trinajstić information content (AvgIpc) is 2.47. The second kappa shape index (κ2) is 8.33. The monoisotopic (exact) mass is 316 g/mol. The van der Waals surface area contributed by atoms with Gasteiger partial charge >= 0.3 is 0 Å². The van der Waals surface area contributed by atoms with Gasteiger partial charge in [-0.15, -0.1) is 0 Å². The smallest absolute Gasteiger partial charge is 0.242 e. The highest BCUT2D eigenvalue weighted by Gasteiger charge is 2.21. The summed E-state index contributed by atoms with van der Waals surface area (Å²) in [5.74, 6) is 0.621. The van der Waals surface area contributed by atoms with Crippen LogP contribution in [0.2, 0.25) is 0 Å². The van der Waals surface area contributed by atoms with Crippen LogP contribution in [0.15, 0.2) is 23.1 Å². The summed E-state index contributed by atoms with van der Waals surface area (Å²) < 4.78 is 36.8. The molecule has 0 fully saturated rings. The third-order valence-corrected chi connectivity index (χ3v) is 4.87. The molecule has 0 atom stereocenters. The van der Waals surface area contributed by atoms with Crippen molar-refractivity contribution in [2.75, 3.05) is 33.4 Å².